The highest BCUT2D eigenvalue weighted by atomic mass is 16.4. The fourth-order valence-electron chi connectivity index (χ4n) is 1.74. The van der Waals surface area contributed by atoms with Gasteiger partial charge < -0.3 is 20.5 Å². The van der Waals surface area contributed by atoms with E-state index in [4.69, 9.17) is 0 Å². The number of quaternary nitrogens is 1. The predicted molar refractivity (Wildman–Crippen MR) is 70.3 cm³/mol. The van der Waals surface area contributed by atoms with E-state index in [-0.39, 0.29) is 18.4 Å². The number of aliphatic carboxylic acids is 1. The summed E-state index contributed by atoms with van der Waals surface area (Å²) >= 11 is 0. The lowest BCUT2D eigenvalue weighted by molar-refractivity contribution is -0.708. The van der Waals surface area contributed by atoms with Crippen LogP contribution >= 0.6 is 0 Å². The first-order valence-electron chi connectivity index (χ1n) is 6.31. The third kappa shape index (κ3) is 5.52. The summed E-state index contributed by atoms with van der Waals surface area (Å²) < 4.78 is 0. The largest absolute Gasteiger partial charge is 0.544 e. The van der Waals surface area contributed by atoms with E-state index in [0.29, 0.717) is 5.69 Å². The van der Waals surface area contributed by atoms with Crippen LogP contribution < -0.4 is 15.7 Å². The van der Waals surface area contributed by atoms with Crippen LogP contribution in [-0.2, 0) is 9.59 Å². The summed E-state index contributed by atoms with van der Waals surface area (Å²) in [6, 6.07) is 6.57. The molecule has 0 aliphatic carbocycles. The van der Waals surface area contributed by atoms with Gasteiger partial charge in [-0.3, -0.25) is 4.79 Å². The second-order valence-electron chi connectivity index (χ2n) is 4.98. The third-order valence-electron chi connectivity index (χ3n) is 2.66. The lowest BCUT2D eigenvalue weighted by Crippen LogP contribution is -2.96. The molecule has 0 radical (unpaired) electrons. The molecule has 1 aromatic rings. The maximum atomic E-state index is 11.8. The monoisotopic (exact) mass is 264 g/mol. The van der Waals surface area contributed by atoms with Crippen LogP contribution in [0.15, 0.2) is 24.3 Å². The molecule has 5 heteroatoms. The zero-order chi connectivity index (χ0) is 14.4. The number of hydrogen-bond donors (Lipinski definition) is 2. The lowest BCUT2D eigenvalue weighted by Gasteiger charge is -2.18. The number of carboxylic acid groups (broad SMARTS) is 1. The van der Waals surface area contributed by atoms with Crippen LogP contribution in [0.5, 0.6) is 0 Å². The summed E-state index contributed by atoms with van der Waals surface area (Å²) in [5.41, 5.74) is 1.76. The van der Waals surface area contributed by atoms with Crippen LogP contribution in [0.4, 0.5) is 5.69 Å². The summed E-state index contributed by atoms with van der Waals surface area (Å²) in [6.45, 7) is 5.69. The Morgan fingerprint density at radius 2 is 1.84 bits per heavy atom. The number of amides is 1. The molecule has 0 spiro atoms. The molecule has 0 aromatic heterocycles. The van der Waals surface area contributed by atoms with Crippen molar-refractivity contribution >= 4 is 17.6 Å². The van der Waals surface area contributed by atoms with Gasteiger partial charge >= 0.3 is 0 Å². The molecule has 5 nitrogen and oxygen atoms in total. The summed E-state index contributed by atoms with van der Waals surface area (Å²) in [7, 11) is 0. The molecule has 1 rings (SSSR count). The van der Waals surface area contributed by atoms with E-state index in [9.17, 15) is 14.7 Å². The van der Waals surface area contributed by atoms with Crippen molar-refractivity contribution in [3.63, 3.8) is 0 Å². The van der Waals surface area contributed by atoms with Gasteiger partial charge in [-0.05, 0) is 32.9 Å². The number of carboxylic acids is 1. The molecule has 0 heterocycles. The first-order valence-corrected chi connectivity index (χ1v) is 6.31. The Kier molecular flexibility index (Phi) is 5.51. The molecule has 1 atom stereocenters. The minimum absolute atomic E-state index is 0.0927. The van der Waals surface area contributed by atoms with Gasteiger partial charge in [-0.25, -0.2) is 0 Å². The average molecular weight is 264 g/mol. The molecule has 1 aromatic carbocycles. The van der Waals surface area contributed by atoms with Crippen LogP contribution in [0.1, 0.15) is 25.8 Å². The van der Waals surface area contributed by atoms with E-state index >= 15 is 0 Å². The van der Waals surface area contributed by atoms with Crippen molar-refractivity contribution < 1.29 is 20.0 Å². The molecule has 0 saturated heterocycles. The maximum absolute atomic E-state index is 11.8. The Morgan fingerprint density at radius 3 is 2.32 bits per heavy atom. The minimum Gasteiger partial charge on any atom is -0.544 e. The highest BCUT2D eigenvalue weighted by Crippen LogP contribution is 2.08. The van der Waals surface area contributed by atoms with Gasteiger partial charge in [0.1, 0.15) is 6.04 Å². The Morgan fingerprint density at radius 1 is 1.26 bits per heavy atom. The summed E-state index contributed by atoms with van der Waals surface area (Å²) in [4.78, 5) is 22.7. The Hall–Kier alpha value is -1.88. The molecule has 0 bridgehead atoms. The van der Waals surface area contributed by atoms with Gasteiger partial charge in [0.05, 0.1) is 18.4 Å². The van der Waals surface area contributed by atoms with Crippen LogP contribution in [0.25, 0.3) is 0 Å². The van der Waals surface area contributed by atoms with Gasteiger partial charge in [-0.15, -0.1) is 0 Å². The third-order valence-corrected chi connectivity index (χ3v) is 2.66. The van der Waals surface area contributed by atoms with Crippen LogP contribution in [0, 0.1) is 6.92 Å². The molecular formula is C14H20N2O3. The van der Waals surface area contributed by atoms with Gasteiger partial charge in [0, 0.05) is 5.69 Å². The molecule has 1 amide bonds. The molecule has 19 heavy (non-hydrogen) atoms. The van der Waals surface area contributed by atoms with Crippen molar-refractivity contribution in [2.24, 2.45) is 0 Å². The van der Waals surface area contributed by atoms with Gasteiger partial charge in [0.25, 0.3) is 0 Å². The van der Waals surface area contributed by atoms with Crippen molar-refractivity contribution in [3.8, 4) is 0 Å². The van der Waals surface area contributed by atoms with Gasteiger partial charge in [-0.2, -0.15) is 0 Å². The number of carbonyl (C=O) groups is 2. The highest BCUT2D eigenvalue weighted by molar-refractivity contribution is 5.93. The van der Waals surface area contributed by atoms with Crippen molar-refractivity contribution in [2.75, 3.05) is 5.32 Å². The number of aryl methyl sites for hydroxylation is 1. The quantitative estimate of drug-likeness (QED) is 0.720. The standard InChI is InChI=1S/C14H20N2O3/c1-9(2)15-12(14(18)19)8-13(17)16-11-6-4-10(3)5-7-11/h4-7,9,12,15H,8H2,1-3H3,(H,16,17)(H,18,19)/t12-/m0/s1. The smallest absolute Gasteiger partial charge is 0.230 e. The van der Waals surface area contributed by atoms with E-state index in [1.807, 2.05) is 32.9 Å². The number of nitrogens with two attached hydrogens (primary N) is 1. The van der Waals surface area contributed by atoms with Gasteiger partial charge in [0.2, 0.25) is 5.91 Å². The summed E-state index contributed by atoms with van der Waals surface area (Å²) in [5.74, 6) is -1.54. The first kappa shape index (κ1) is 15.2. The topological polar surface area (TPSA) is 85.8 Å². The molecule has 0 saturated carbocycles. The molecule has 104 valence electrons. The van der Waals surface area contributed by atoms with E-state index in [1.54, 1.807) is 17.4 Å². The molecular weight excluding hydrogens is 244 g/mol. The zero-order valence-electron chi connectivity index (χ0n) is 11.5. The number of nitrogens with one attached hydrogen (secondary N) is 1. The van der Waals surface area contributed by atoms with Crippen LogP contribution in [0.3, 0.4) is 0 Å². The lowest BCUT2D eigenvalue weighted by atomic mass is 10.1. The van der Waals surface area contributed by atoms with Crippen LogP contribution in [0.2, 0.25) is 0 Å². The molecule has 3 N–H and O–H groups in total. The zero-order valence-corrected chi connectivity index (χ0v) is 11.5. The Labute approximate surface area is 113 Å². The second-order valence-corrected chi connectivity index (χ2v) is 4.98. The van der Waals surface area contributed by atoms with Crippen molar-refractivity contribution in [3.05, 3.63) is 29.8 Å². The van der Waals surface area contributed by atoms with E-state index in [2.05, 4.69) is 5.32 Å². The van der Waals surface area contributed by atoms with Crippen molar-refractivity contribution in [1.82, 2.24) is 0 Å². The number of anilines is 1. The highest BCUT2D eigenvalue weighted by Gasteiger charge is 2.19. The summed E-state index contributed by atoms with van der Waals surface area (Å²) in [6.07, 6.45) is -0.103. The maximum Gasteiger partial charge on any atom is 0.230 e. The number of hydrogen-bond acceptors (Lipinski definition) is 3. The SMILES string of the molecule is Cc1ccc(NC(=O)C[C@H]([NH2+]C(C)C)C(=O)[O-])cc1. The van der Waals surface area contributed by atoms with Crippen LogP contribution in [-0.4, -0.2) is 24.0 Å². The fourth-order valence-corrected chi connectivity index (χ4v) is 1.74. The van der Waals surface area contributed by atoms with Gasteiger partial charge in [-0.1, -0.05) is 17.7 Å². The van der Waals surface area contributed by atoms with E-state index < -0.39 is 12.0 Å². The van der Waals surface area contributed by atoms with E-state index in [0.717, 1.165) is 5.56 Å². The Balaban J connectivity index is 2.57. The predicted octanol–water partition coefficient (Wildman–Crippen LogP) is -0.586. The minimum atomic E-state index is -1.22. The second kappa shape index (κ2) is 6.89. The molecule has 0 aliphatic rings. The number of rotatable bonds is 6. The Bertz CT molecular complexity index is 441. The number of benzene rings is 1. The average Bonchev–Trinajstić information content (AvgIpc) is 2.30. The van der Waals surface area contributed by atoms with Gasteiger partial charge in [0.15, 0.2) is 0 Å². The van der Waals surface area contributed by atoms with Crippen molar-refractivity contribution in [2.45, 2.75) is 39.3 Å². The molecule has 0 unspecified atom stereocenters. The first-order chi connectivity index (χ1) is 8.88. The fraction of sp³-hybridized carbons (Fsp3) is 0.429. The molecule has 0 aliphatic heterocycles. The summed E-state index contributed by atoms with van der Waals surface area (Å²) in [5, 5.41) is 15.2. The normalized spacial score (nSPS) is 12.2. The van der Waals surface area contributed by atoms with E-state index in [1.165, 1.54) is 0 Å². The molecule has 0 fully saturated rings. The van der Waals surface area contributed by atoms with Crippen molar-refractivity contribution in [1.29, 1.82) is 0 Å². The number of carbonyl (C=O) groups excluding carboxylic acids is 2.